The van der Waals surface area contributed by atoms with E-state index in [-0.39, 0.29) is 5.91 Å². The highest BCUT2D eigenvalue weighted by Gasteiger charge is 2.27. The van der Waals surface area contributed by atoms with E-state index < -0.39 is 0 Å². The van der Waals surface area contributed by atoms with E-state index in [1.165, 1.54) is 5.01 Å². The molecule has 0 aromatic carbocycles. The van der Waals surface area contributed by atoms with Crippen molar-refractivity contribution in [3.05, 3.63) is 46.7 Å². The second-order valence-electron chi connectivity index (χ2n) is 4.78. The zero-order valence-corrected chi connectivity index (χ0v) is 11.3. The maximum absolute atomic E-state index is 12.3. The van der Waals surface area contributed by atoms with Crippen LogP contribution in [0.5, 0.6) is 0 Å². The lowest BCUT2D eigenvalue weighted by Gasteiger charge is -2.16. The van der Waals surface area contributed by atoms with Crippen LogP contribution in [-0.4, -0.2) is 33.9 Å². The fraction of sp³-hybridized carbons (Fsp3) is 0.357. The van der Waals surface area contributed by atoms with Crippen LogP contribution in [0.15, 0.2) is 36.1 Å². The zero-order valence-electron chi connectivity index (χ0n) is 10.5. The molecule has 5 heteroatoms. The Morgan fingerprint density at radius 2 is 2.42 bits per heavy atom. The van der Waals surface area contributed by atoms with Crippen LogP contribution in [0.2, 0.25) is 0 Å². The van der Waals surface area contributed by atoms with Gasteiger partial charge >= 0.3 is 0 Å². The molecule has 0 unspecified atom stereocenters. The van der Waals surface area contributed by atoms with Crippen LogP contribution in [0.3, 0.4) is 0 Å². The van der Waals surface area contributed by atoms with Crippen molar-refractivity contribution in [2.45, 2.75) is 12.8 Å². The molecule has 0 spiro atoms. The molecular weight excluding hydrogens is 258 g/mol. The van der Waals surface area contributed by atoms with Gasteiger partial charge in [-0.3, -0.25) is 9.78 Å². The number of carbonyl (C=O) groups is 1. The van der Waals surface area contributed by atoms with Crippen molar-refractivity contribution >= 4 is 17.2 Å². The van der Waals surface area contributed by atoms with Crippen LogP contribution >= 0.6 is 11.3 Å². The minimum atomic E-state index is 0.0924. The first-order valence-electron chi connectivity index (χ1n) is 6.40. The molecule has 1 saturated heterocycles. The molecular formula is C14H15N3OS. The zero-order chi connectivity index (χ0) is 13.1. The Balaban J connectivity index is 1.61. The standard InChI is InChI=1S/C14H15N3OS/c18-14(12-2-1-4-15-9-12)17-6-3-11(10-17)8-13-16-5-7-19-13/h1-2,4-5,7,9,11H,3,6,8,10H2/t11-/m1/s1. The summed E-state index contributed by atoms with van der Waals surface area (Å²) in [7, 11) is 0. The summed E-state index contributed by atoms with van der Waals surface area (Å²) in [6.07, 6.45) is 7.20. The summed E-state index contributed by atoms with van der Waals surface area (Å²) in [6.45, 7) is 1.66. The van der Waals surface area contributed by atoms with Gasteiger partial charge in [-0.05, 0) is 24.5 Å². The van der Waals surface area contributed by atoms with E-state index in [1.54, 1.807) is 29.8 Å². The topological polar surface area (TPSA) is 46.1 Å². The summed E-state index contributed by atoms with van der Waals surface area (Å²) in [5.74, 6) is 0.626. The van der Waals surface area contributed by atoms with Crippen molar-refractivity contribution < 1.29 is 4.79 Å². The molecule has 2 aromatic heterocycles. The largest absolute Gasteiger partial charge is 0.338 e. The second kappa shape index (κ2) is 5.48. The van der Waals surface area contributed by atoms with Crippen molar-refractivity contribution in [3.8, 4) is 0 Å². The molecule has 0 radical (unpaired) electrons. The van der Waals surface area contributed by atoms with E-state index in [4.69, 9.17) is 0 Å². The smallest absolute Gasteiger partial charge is 0.255 e. The Morgan fingerprint density at radius 1 is 1.47 bits per heavy atom. The maximum atomic E-state index is 12.3. The van der Waals surface area contributed by atoms with Crippen LogP contribution in [-0.2, 0) is 6.42 Å². The molecule has 98 valence electrons. The molecule has 1 atom stereocenters. The summed E-state index contributed by atoms with van der Waals surface area (Å²) in [5.41, 5.74) is 0.678. The van der Waals surface area contributed by atoms with Crippen LogP contribution in [0, 0.1) is 5.92 Å². The summed E-state index contributed by atoms with van der Waals surface area (Å²) in [5, 5.41) is 3.17. The summed E-state index contributed by atoms with van der Waals surface area (Å²) in [6, 6.07) is 3.62. The van der Waals surface area contributed by atoms with Gasteiger partial charge in [0.2, 0.25) is 0 Å². The maximum Gasteiger partial charge on any atom is 0.255 e. The number of aromatic nitrogens is 2. The van der Waals surface area contributed by atoms with Gasteiger partial charge in [-0.2, -0.15) is 0 Å². The molecule has 1 aliphatic heterocycles. The Labute approximate surface area is 116 Å². The first kappa shape index (κ1) is 12.3. The van der Waals surface area contributed by atoms with Gasteiger partial charge in [0.25, 0.3) is 5.91 Å². The fourth-order valence-corrected chi connectivity index (χ4v) is 3.19. The number of hydrogen-bond acceptors (Lipinski definition) is 4. The number of carbonyl (C=O) groups excluding carboxylic acids is 1. The Morgan fingerprint density at radius 3 is 3.16 bits per heavy atom. The second-order valence-corrected chi connectivity index (χ2v) is 5.76. The Hall–Kier alpha value is -1.75. The summed E-state index contributed by atoms with van der Waals surface area (Å²) in [4.78, 5) is 22.5. The van der Waals surface area contributed by atoms with E-state index in [0.717, 1.165) is 25.9 Å². The van der Waals surface area contributed by atoms with E-state index in [0.29, 0.717) is 11.5 Å². The monoisotopic (exact) mass is 273 g/mol. The van der Waals surface area contributed by atoms with Crippen LogP contribution in [0.4, 0.5) is 0 Å². The predicted molar refractivity (Wildman–Crippen MR) is 74.1 cm³/mol. The van der Waals surface area contributed by atoms with Crippen molar-refractivity contribution in [3.63, 3.8) is 0 Å². The van der Waals surface area contributed by atoms with E-state index in [9.17, 15) is 4.79 Å². The number of hydrogen-bond donors (Lipinski definition) is 0. The first-order chi connectivity index (χ1) is 9.33. The van der Waals surface area contributed by atoms with Crippen molar-refractivity contribution in [2.24, 2.45) is 5.92 Å². The molecule has 0 saturated carbocycles. The molecule has 1 aliphatic rings. The van der Waals surface area contributed by atoms with Gasteiger partial charge in [0.05, 0.1) is 10.6 Å². The van der Waals surface area contributed by atoms with Gasteiger partial charge in [0, 0.05) is 43.5 Å². The van der Waals surface area contributed by atoms with Crippen LogP contribution in [0.25, 0.3) is 0 Å². The number of pyridine rings is 1. The summed E-state index contributed by atoms with van der Waals surface area (Å²) < 4.78 is 0. The molecule has 3 heterocycles. The number of likely N-dealkylation sites (tertiary alicyclic amines) is 1. The molecule has 0 N–H and O–H groups in total. The highest BCUT2D eigenvalue weighted by atomic mass is 32.1. The molecule has 1 amide bonds. The number of amides is 1. The number of rotatable bonds is 3. The molecule has 2 aromatic rings. The lowest BCUT2D eigenvalue weighted by atomic mass is 10.1. The minimum Gasteiger partial charge on any atom is -0.338 e. The molecule has 0 bridgehead atoms. The highest BCUT2D eigenvalue weighted by molar-refractivity contribution is 7.09. The van der Waals surface area contributed by atoms with Gasteiger partial charge < -0.3 is 4.90 Å². The minimum absolute atomic E-state index is 0.0924. The molecule has 4 nitrogen and oxygen atoms in total. The predicted octanol–water partition coefficient (Wildman–Crippen LogP) is 2.24. The third kappa shape index (κ3) is 2.81. The highest BCUT2D eigenvalue weighted by Crippen LogP contribution is 2.23. The van der Waals surface area contributed by atoms with Gasteiger partial charge in [0.1, 0.15) is 0 Å². The molecule has 0 aliphatic carbocycles. The van der Waals surface area contributed by atoms with Gasteiger partial charge in [-0.1, -0.05) is 0 Å². The normalized spacial score (nSPS) is 18.7. The third-order valence-corrected chi connectivity index (χ3v) is 4.23. The average Bonchev–Trinajstić information content (AvgIpc) is 3.11. The van der Waals surface area contributed by atoms with Crippen LogP contribution in [0.1, 0.15) is 21.8 Å². The molecule has 19 heavy (non-hydrogen) atoms. The fourth-order valence-electron chi connectivity index (χ4n) is 2.46. The number of thiazole rings is 1. The van der Waals surface area contributed by atoms with E-state index >= 15 is 0 Å². The number of nitrogens with zero attached hydrogens (tertiary/aromatic N) is 3. The van der Waals surface area contributed by atoms with Crippen molar-refractivity contribution in [1.82, 2.24) is 14.9 Å². The van der Waals surface area contributed by atoms with Crippen molar-refractivity contribution in [2.75, 3.05) is 13.1 Å². The molecule has 3 rings (SSSR count). The van der Waals surface area contributed by atoms with Gasteiger partial charge in [-0.15, -0.1) is 11.3 Å². The third-order valence-electron chi connectivity index (χ3n) is 3.43. The Bertz CT molecular complexity index is 541. The van der Waals surface area contributed by atoms with Gasteiger partial charge in [0.15, 0.2) is 0 Å². The lowest BCUT2D eigenvalue weighted by molar-refractivity contribution is 0.0786. The van der Waals surface area contributed by atoms with Crippen LogP contribution < -0.4 is 0 Å². The van der Waals surface area contributed by atoms with Gasteiger partial charge in [-0.25, -0.2) is 4.98 Å². The first-order valence-corrected chi connectivity index (χ1v) is 7.28. The van der Waals surface area contributed by atoms with E-state index in [2.05, 4.69) is 9.97 Å². The average molecular weight is 273 g/mol. The Kier molecular flexibility index (Phi) is 3.55. The lowest BCUT2D eigenvalue weighted by Crippen LogP contribution is -2.29. The molecule has 1 fully saturated rings. The van der Waals surface area contributed by atoms with Crippen molar-refractivity contribution in [1.29, 1.82) is 0 Å². The SMILES string of the molecule is O=C(c1cccnc1)N1CC[C@H](Cc2nccs2)C1. The quantitative estimate of drug-likeness (QED) is 0.861. The summed E-state index contributed by atoms with van der Waals surface area (Å²) >= 11 is 1.69. The van der Waals surface area contributed by atoms with E-state index in [1.807, 2.05) is 22.5 Å².